The monoisotopic (exact) mass is 263 g/mol. The Bertz CT molecular complexity index is 440. The number of ether oxygens (including phenoxy) is 2. The maximum atomic E-state index is 5.50. The van der Waals surface area contributed by atoms with Crippen LogP contribution >= 0.6 is 0 Å². The number of hydrogen-bond donors (Lipinski definition) is 0. The third-order valence-corrected chi connectivity index (χ3v) is 4.22. The lowest BCUT2D eigenvalue weighted by atomic mass is 9.96. The SMILES string of the molecule is CO[C@H]1CN(c2ncnc3c2CCCC3)C[C@H]1OC. The van der Waals surface area contributed by atoms with E-state index in [-0.39, 0.29) is 12.2 Å². The summed E-state index contributed by atoms with van der Waals surface area (Å²) >= 11 is 0. The lowest BCUT2D eigenvalue weighted by Crippen LogP contribution is -2.27. The van der Waals surface area contributed by atoms with Gasteiger partial charge >= 0.3 is 0 Å². The number of methoxy groups -OCH3 is 2. The number of rotatable bonds is 3. The van der Waals surface area contributed by atoms with Crippen LogP contribution in [-0.2, 0) is 22.3 Å². The molecular formula is C14H21N3O2. The van der Waals surface area contributed by atoms with Gasteiger partial charge in [-0.05, 0) is 25.7 Å². The first kappa shape index (κ1) is 12.8. The molecule has 0 N–H and O–H groups in total. The average molecular weight is 263 g/mol. The van der Waals surface area contributed by atoms with Crippen molar-refractivity contribution >= 4 is 5.82 Å². The van der Waals surface area contributed by atoms with Gasteiger partial charge in [0.05, 0.1) is 0 Å². The normalized spacial score (nSPS) is 26.5. The molecule has 0 saturated carbocycles. The van der Waals surface area contributed by atoms with Crippen LogP contribution in [0.25, 0.3) is 0 Å². The molecule has 2 heterocycles. The predicted molar refractivity (Wildman–Crippen MR) is 72.5 cm³/mol. The molecular weight excluding hydrogens is 242 g/mol. The highest BCUT2D eigenvalue weighted by molar-refractivity contribution is 5.51. The quantitative estimate of drug-likeness (QED) is 0.820. The van der Waals surface area contributed by atoms with E-state index in [1.165, 1.54) is 24.1 Å². The van der Waals surface area contributed by atoms with Crippen LogP contribution in [0.5, 0.6) is 0 Å². The molecule has 0 amide bonds. The van der Waals surface area contributed by atoms with Gasteiger partial charge in [0.15, 0.2) is 0 Å². The standard InChI is InChI=1S/C14H21N3O2/c1-18-12-7-17(8-13(12)19-2)14-10-5-3-4-6-11(10)15-9-16-14/h9,12-13H,3-8H2,1-2H3/t12-,13+. The van der Waals surface area contributed by atoms with Gasteiger partial charge in [0, 0.05) is 38.6 Å². The second kappa shape index (κ2) is 5.43. The Morgan fingerprint density at radius 2 is 1.74 bits per heavy atom. The number of hydrogen-bond acceptors (Lipinski definition) is 5. The van der Waals surface area contributed by atoms with Crippen LogP contribution in [0, 0.1) is 0 Å². The lowest BCUT2D eigenvalue weighted by molar-refractivity contribution is -0.00461. The minimum absolute atomic E-state index is 0.124. The minimum atomic E-state index is 0.124. The number of aryl methyl sites for hydroxylation is 1. The molecule has 0 radical (unpaired) electrons. The maximum Gasteiger partial charge on any atom is 0.135 e. The Morgan fingerprint density at radius 3 is 2.42 bits per heavy atom. The first-order valence-electron chi connectivity index (χ1n) is 6.96. The van der Waals surface area contributed by atoms with Crippen molar-refractivity contribution in [3.63, 3.8) is 0 Å². The summed E-state index contributed by atoms with van der Waals surface area (Å²) in [6.45, 7) is 1.69. The highest BCUT2D eigenvalue weighted by Gasteiger charge is 2.35. The van der Waals surface area contributed by atoms with Crippen LogP contribution in [0.2, 0.25) is 0 Å². The Kier molecular flexibility index (Phi) is 3.66. The molecule has 3 rings (SSSR count). The molecule has 1 aromatic heterocycles. The summed E-state index contributed by atoms with van der Waals surface area (Å²) in [7, 11) is 3.49. The minimum Gasteiger partial charge on any atom is -0.377 e. The molecule has 1 aromatic rings. The molecule has 0 unspecified atom stereocenters. The van der Waals surface area contributed by atoms with E-state index in [9.17, 15) is 0 Å². The van der Waals surface area contributed by atoms with Crippen LogP contribution in [0.1, 0.15) is 24.1 Å². The fourth-order valence-electron chi connectivity index (χ4n) is 3.15. The average Bonchev–Trinajstić information content (AvgIpc) is 2.89. The van der Waals surface area contributed by atoms with Crippen LogP contribution < -0.4 is 4.90 Å². The molecule has 2 aliphatic rings. The lowest BCUT2D eigenvalue weighted by Gasteiger charge is -2.24. The van der Waals surface area contributed by atoms with E-state index in [4.69, 9.17) is 9.47 Å². The molecule has 5 heteroatoms. The third-order valence-electron chi connectivity index (χ3n) is 4.22. The molecule has 1 aliphatic carbocycles. The fourth-order valence-corrected chi connectivity index (χ4v) is 3.15. The van der Waals surface area contributed by atoms with Gasteiger partial charge in [-0.1, -0.05) is 0 Å². The van der Waals surface area contributed by atoms with Crippen molar-refractivity contribution in [2.24, 2.45) is 0 Å². The smallest absolute Gasteiger partial charge is 0.135 e. The van der Waals surface area contributed by atoms with Crippen LogP contribution in [-0.4, -0.2) is 49.5 Å². The van der Waals surface area contributed by atoms with Gasteiger partial charge in [0.1, 0.15) is 24.4 Å². The Balaban J connectivity index is 1.87. The van der Waals surface area contributed by atoms with E-state index in [1.54, 1.807) is 20.5 Å². The van der Waals surface area contributed by atoms with Crippen molar-refractivity contribution in [1.29, 1.82) is 0 Å². The van der Waals surface area contributed by atoms with Crippen molar-refractivity contribution in [3.8, 4) is 0 Å². The van der Waals surface area contributed by atoms with Crippen molar-refractivity contribution in [1.82, 2.24) is 9.97 Å². The summed E-state index contributed by atoms with van der Waals surface area (Å²) < 4.78 is 11.0. The molecule has 1 fully saturated rings. The van der Waals surface area contributed by atoms with Crippen LogP contribution in [0.3, 0.4) is 0 Å². The summed E-state index contributed by atoms with van der Waals surface area (Å²) in [5.41, 5.74) is 2.56. The highest BCUT2D eigenvalue weighted by Crippen LogP contribution is 2.30. The van der Waals surface area contributed by atoms with E-state index in [0.717, 1.165) is 31.7 Å². The van der Waals surface area contributed by atoms with Gasteiger partial charge < -0.3 is 14.4 Å². The summed E-state index contributed by atoms with van der Waals surface area (Å²) in [5.74, 6) is 1.09. The first-order chi connectivity index (χ1) is 9.33. The zero-order valence-corrected chi connectivity index (χ0v) is 11.6. The first-order valence-corrected chi connectivity index (χ1v) is 6.96. The Morgan fingerprint density at radius 1 is 1.05 bits per heavy atom. The Labute approximate surface area is 113 Å². The molecule has 0 aromatic carbocycles. The maximum absolute atomic E-state index is 5.50. The van der Waals surface area contributed by atoms with E-state index in [2.05, 4.69) is 14.9 Å². The summed E-state index contributed by atoms with van der Waals surface area (Å²) in [5, 5.41) is 0. The molecule has 19 heavy (non-hydrogen) atoms. The second-order valence-electron chi connectivity index (χ2n) is 5.28. The highest BCUT2D eigenvalue weighted by atomic mass is 16.5. The predicted octanol–water partition coefficient (Wildman–Crippen LogP) is 1.21. The molecule has 0 spiro atoms. The fraction of sp³-hybridized carbons (Fsp3) is 0.714. The van der Waals surface area contributed by atoms with Gasteiger partial charge in [0.25, 0.3) is 0 Å². The molecule has 2 atom stereocenters. The van der Waals surface area contributed by atoms with E-state index < -0.39 is 0 Å². The molecule has 5 nitrogen and oxygen atoms in total. The second-order valence-corrected chi connectivity index (χ2v) is 5.28. The van der Waals surface area contributed by atoms with Crippen molar-refractivity contribution in [3.05, 3.63) is 17.6 Å². The van der Waals surface area contributed by atoms with Crippen molar-refractivity contribution < 1.29 is 9.47 Å². The summed E-state index contributed by atoms with van der Waals surface area (Å²) in [6, 6.07) is 0. The zero-order chi connectivity index (χ0) is 13.2. The van der Waals surface area contributed by atoms with Crippen molar-refractivity contribution in [2.45, 2.75) is 37.9 Å². The number of nitrogens with zero attached hydrogens (tertiary/aromatic N) is 3. The van der Waals surface area contributed by atoms with Crippen LogP contribution in [0.4, 0.5) is 5.82 Å². The Hall–Kier alpha value is -1.20. The topological polar surface area (TPSA) is 47.5 Å². The van der Waals surface area contributed by atoms with Gasteiger partial charge in [-0.25, -0.2) is 9.97 Å². The number of anilines is 1. The molecule has 1 aliphatic heterocycles. The molecule has 0 bridgehead atoms. The van der Waals surface area contributed by atoms with E-state index >= 15 is 0 Å². The van der Waals surface area contributed by atoms with E-state index in [0.29, 0.717) is 0 Å². The van der Waals surface area contributed by atoms with Gasteiger partial charge in [-0.2, -0.15) is 0 Å². The van der Waals surface area contributed by atoms with Crippen LogP contribution in [0.15, 0.2) is 6.33 Å². The number of fused-ring (bicyclic) bond motifs is 1. The largest absolute Gasteiger partial charge is 0.377 e. The van der Waals surface area contributed by atoms with Gasteiger partial charge in [-0.3, -0.25) is 0 Å². The molecule has 104 valence electrons. The summed E-state index contributed by atoms with van der Waals surface area (Å²) in [4.78, 5) is 11.2. The zero-order valence-electron chi connectivity index (χ0n) is 11.6. The van der Waals surface area contributed by atoms with Gasteiger partial charge in [-0.15, -0.1) is 0 Å². The third kappa shape index (κ3) is 2.32. The summed E-state index contributed by atoms with van der Waals surface area (Å²) in [6.07, 6.45) is 6.60. The van der Waals surface area contributed by atoms with Gasteiger partial charge in [0.2, 0.25) is 0 Å². The molecule has 1 saturated heterocycles. The van der Waals surface area contributed by atoms with Crippen molar-refractivity contribution in [2.75, 3.05) is 32.2 Å². The van der Waals surface area contributed by atoms with E-state index in [1.807, 2.05) is 0 Å². The number of aromatic nitrogens is 2.